The number of ether oxygens (including phenoxy) is 4. The highest BCUT2D eigenvalue weighted by Gasteiger charge is 2.21. The molecule has 0 atom stereocenters. The Morgan fingerprint density at radius 3 is 2.23 bits per heavy atom. The lowest BCUT2D eigenvalue weighted by Gasteiger charge is -2.21. The molecule has 0 saturated carbocycles. The third kappa shape index (κ3) is 7.66. The molecule has 40 heavy (non-hydrogen) atoms. The predicted molar refractivity (Wildman–Crippen MR) is 155 cm³/mol. The molecule has 0 N–H and O–H groups in total. The van der Waals surface area contributed by atoms with Crippen LogP contribution in [0.15, 0.2) is 72.8 Å². The summed E-state index contributed by atoms with van der Waals surface area (Å²) >= 11 is 1.78. The van der Waals surface area contributed by atoms with E-state index in [1.165, 1.54) is 26.0 Å². The fourth-order valence-electron chi connectivity index (χ4n) is 4.18. The number of hydrogen-bond donors (Lipinski definition) is 0. The van der Waals surface area contributed by atoms with Crippen LogP contribution in [0.3, 0.4) is 0 Å². The van der Waals surface area contributed by atoms with E-state index in [4.69, 9.17) is 18.9 Å². The summed E-state index contributed by atoms with van der Waals surface area (Å²) in [6.45, 7) is 7.32. The molecule has 0 aliphatic rings. The van der Waals surface area contributed by atoms with Crippen LogP contribution in [-0.2, 0) is 22.6 Å². The van der Waals surface area contributed by atoms with E-state index in [9.17, 15) is 9.59 Å². The van der Waals surface area contributed by atoms with Gasteiger partial charge in [-0.25, -0.2) is 4.79 Å². The number of aromatic nitrogens is 1. The van der Waals surface area contributed by atoms with E-state index >= 15 is 0 Å². The van der Waals surface area contributed by atoms with Crippen molar-refractivity contribution in [1.82, 2.24) is 9.47 Å². The number of carbonyl (C=O) groups is 2. The maximum atomic E-state index is 12.9. The quantitative estimate of drug-likeness (QED) is 0.184. The number of thiophene rings is 1. The average Bonchev–Trinajstić information content (AvgIpc) is 3.54. The second-order valence-electron chi connectivity index (χ2n) is 9.12. The van der Waals surface area contributed by atoms with Crippen LogP contribution in [0.1, 0.15) is 23.1 Å². The van der Waals surface area contributed by atoms with E-state index in [1.54, 1.807) is 49.6 Å². The minimum absolute atomic E-state index is 0.167. The fraction of sp³-hybridized carbons (Fsp3) is 0.290. The Labute approximate surface area is 238 Å². The molecule has 4 aromatic rings. The molecule has 0 saturated heterocycles. The van der Waals surface area contributed by atoms with Crippen molar-refractivity contribution in [2.24, 2.45) is 0 Å². The summed E-state index contributed by atoms with van der Waals surface area (Å²) in [5, 5.41) is 0. The fourth-order valence-corrected chi connectivity index (χ4v) is 5.08. The maximum Gasteiger partial charge on any atom is 0.416 e. The number of benzene rings is 2. The van der Waals surface area contributed by atoms with Crippen molar-refractivity contribution in [3.8, 4) is 27.8 Å². The minimum Gasteiger partial charge on any atom is -0.497 e. The van der Waals surface area contributed by atoms with Crippen molar-refractivity contribution in [2.75, 3.05) is 26.9 Å². The largest absolute Gasteiger partial charge is 0.497 e. The predicted octanol–water partition coefficient (Wildman–Crippen LogP) is 6.49. The van der Waals surface area contributed by atoms with Gasteiger partial charge in [0.25, 0.3) is 0 Å². The van der Waals surface area contributed by atoms with Gasteiger partial charge in [0.15, 0.2) is 0 Å². The maximum absolute atomic E-state index is 12.9. The Morgan fingerprint density at radius 1 is 0.875 bits per heavy atom. The number of nitrogens with zero attached hydrogens (tertiary/aromatic N) is 2. The summed E-state index contributed by atoms with van der Waals surface area (Å²) < 4.78 is 24.0. The number of carbonyl (C=O) groups excluding carboxylic acids is 2. The second-order valence-corrected chi connectivity index (χ2v) is 10.4. The van der Waals surface area contributed by atoms with Gasteiger partial charge in [-0.2, -0.15) is 0 Å². The Hall–Kier alpha value is -4.24. The van der Waals surface area contributed by atoms with Crippen LogP contribution in [0.5, 0.6) is 17.2 Å². The van der Waals surface area contributed by atoms with Crippen LogP contribution < -0.4 is 14.2 Å². The lowest BCUT2D eigenvalue weighted by molar-refractivity contribution is -0.144. The Balaban J connectivity index is 1.36. The van der Waals surface area contributed by atoms with Gasteiger partial charge in [-0.1, -0.05) is 12.1 Å². The zero-order valence-electron chi connectivity index (χ0n) is 23.2. The highest BCUT2D eigenvalue weighted by molar-refractivity contribution is 7.15. The van der Waals surface area contributed by atoms with Crippen molar-refractivity contribution in [1.29, 1.82) is 0 Å². The highest BCUT2D eigenvalue weighted by Crippen LogP contribution is 2.29. The number of esters is 1. The van der Waals surface area contributed by atoms with Crippen molar-refractivity contribution in [3.05, 3.63) is 88.9 Å². The summed E-state index contributed by atoms with van der Waals surface area (Å²) in [7, 11) is 1.56. The third-order valence-corrected chi connectivity index (χ3v) is 7.24. The smallest absolute Gasteiger partial charge is 0.416 e. The Morgan fingerprint density at radius 2 is 1.57 bits per heavy atom. The molecule has 2 aromatic heterocycles. The van der Waals surface area contributed by atoms with Crippen LogP contribution in [0, 0.1) is 13.8 Å². The molecule has 1 amide bonds. The topological polar surface area (TPSA) is 79.2 Å². The number of rotatable bonds is 12. The van der Waals surface area contributed by atoms with Crippen LogP contribution in [0.4, 0.5) is 4.79 Å². The minimum atomic E-state index is -0.655. The normalized spacial score (nSPS) is 10.7. The summed E-state index contributed by atoms with van der Waals surface area (Å²) in [4.78, 5) is 28.9. The van der Waals surface area contributed by atoms with E-state index in [1.807, 2.05) is 24.3 Å². The molecule has 0 unspecified atom stereocenters. The van der Waals surface area contributed by atoms with Crippen molar-refractivity contribution < 1.29 is 28.5 Å². The van der Waals surface area contributed by atoms with Crippen LogP contribution in [0.25, 0.3) is 10.6 Å². The molecule has 210 valence electrons. The first kappa shape index (κ1) is 28.8. The molecule has 0 spiro atoms. The third-order valence-electron chi connectivity index (χ3n) is 6.22. The number of aryl methyl sites for hydroxylation is 2. The first-order valence-electron chi connectivity index (χ1n) is 13.1. The molecule has 9 heteroatoms. The van der Waals surface area contributed by atoms with Gasteiger partial charge >= 0.3 is 12.1 Å². The Kier molecular flexibility index (Phi) is 9.86. The number of hydrogen-bond acceptors (Lipinski definition) is 7. The first-order valence-corrected chi connectivity index (χ1v) is 13.9. The van der Waals surface area contributed by atoms with Gasteiger partial charge in [0.2, 0.25) is 0 Å². The van der Waals surface area contributed by atoms with E-state index in [-0.39, 0.29) is 19.7 Å². The molecular formula is C31H34N2O6S. The highest BCUT2D eigenvalue weighted by atomic mass is 32.1. The molecular weight excluding hydrogens is 528 g/mol. The van der Waals surface area contributed by atoms with Crippen molar-refractivity contribution in [3.63, 3.8) is 0 Å². The zero-order chi connectivity index (χ0) is 28.5. The van der Waals surface area contributed by atoms with E-state index in [2.05, 4.69) is 42.7 Å². The summed E-state index contributed by atoms with van der Waals surface area (Å²) in [5.74, 6) is 1.21. The molecule has 0 bridgehead atoms. The van der Waals surface area contributed by atoms with Crippen LogP contribution in [0.2, 0.25) is 0 Å². The monoisotopic (exact) mass is 562 g/mol. The molecule has 2 heterocycles. The summed E-state index contributed by atoms with van der Waals surface area (Å²) in [5.41, 5.74) is 3.20. The molecule has 0 aliphatic heterocycles. The number of amides is 1. The second kappa shape index (κ2) is 13.7. The van der Waals surface area contributed by atoms with E-state index in [0.717, 1.165) is 17.9 Å². The first-order chi connectivity index (χ1) is 19.4. The summed E-state index contributed by atoms with van der Waals surface area (Å²) in [6.07, 6.45) is -0.655. The van der Waals surface area contributed by atoms with Gasteiger partial charge < -0.3 is 23.5 Å². The van der Waals surface area contributed by atoms with E-state index < -0.39 is 12.1 Å². The SMILES string of the molecule is CCOC(=O)CN(Cc1ccc(OCCn2c(C)ccc2-c2ccc(C)s2)cc1)C(=O)Oc1ccc(OC)cc1. The van der Waals surface area contributed by atoms with Crippen LogP contribution >= 0.6 is 11.3 Å². The molecule has 8 nitrogen and oxygen atoms in total. The van der Waals surface area contributed by atoms with Crippen molar-refractivity contribution in [2.45, 2.75) is 33.9 Å². The molecule has 2 aromatic carbocycles. The summed E-state index contributed by atoms with van der Waals surface area (Å²) in [6, 6.07) is 22.7. The molecule has 0 fully saturated rings. The molecule has 0 aliphatic carbocycles. The standard InChI is InChI=1S/C31H34N2O6S/c1-5-37-30(34)21-32(31(35)39-27-14-12-25(36-4)13-15-27)20-24-8-10-26(11-9-24)38-19-18-33-22(2)6-16-28(33)29-17-7-23(3)40-29/h6-17H,5,18-21H2,1-4H3. The van der Waals surface area contributed by atoms with E-state index in [0.29, 0.717) is 18.1 Å². The van der Waals surface area contributed by atoms with Gasteiger partial charge in [0.05, 0.1) is 30.8 Å². The number of methoxy groups -OCH3 is 1. The van der Waals surface area contributed by atoms with Crippen molar-refractivity contribution >= 4 is 23.4 Å². The van der Waals surface area contributed by atoms with Gasteiger partial charge in [0.1, 0.15) is 30.4 Å². The van der Waals surface area contributed by atoms with Gasteiger partial charge in [0, 0.05) is 17.1 Å². The van der Waals surface area contributed by atoms with Gasteiger partial charge in [-0.3, -0.25) is 9.69 Å². The van der Waals surface area contributed by atoms with Gasteiger partial charge in [-0.05, 0) is 87.0 Å². The zero-order valence-corrected chi connectivity index (χ0v) is 24.0. The van der Waals surface area contributed by atoms with Gasteiger partial charge in [-0.15, -0.1) is 11.3 Å². The van der Waals surface area contributed by atoms with Crippen LogP contribution in [-0.4, -0.2) is 48.4 Å². The molecule has 0 radical (unpaired) electrons. The Bertz CT molecular complexity index is 1410. The average molecular weight is 563 g/mol. The molecule has 4 rings (SSSR count). The lowest BCUT2D eigenvalue weighted by atomic mass is 10.2. The lowest BCUT2D eigenvalue weighted by Crippen LogP contribution is -2.38.